The third-order valence-corrected chi connectivity index (χ3v) is 14.8. The Bertz CT molecular complexity index is 548. The van der Waals surface area contributed by atoms with Crippen molar-refractivity contribution in [2.75, 3.05) is 19.4 Å². The van der Waals surface area contributed by atoms with Crippen LogP contribution in [-0.4, -0.2) is 25.5 Å². The molecule has 3 heteroatoms. The van der Waals surface area contributed by atoms with Gasteiger partial charge in [-0.25, -0.2) is 0 Å². The fourth-order valence-corrected chi connectivity index (χ4v) is 11.1. The van der Waals surface area contributed by atoms with E-state index in [1.807, 2.05) is 7.11 Å². The molecule has 0 aliphatic carbocycles. The maximum absolute atomic E-state index is 5.60. The van der Waals surface area contributed by atoms with Gasteiger partial charge in [-0.2, -0.15) is 0 Å². The van der Waals surface area contributed by atoms with Gasteiger partial charge in [-0.15, -0.1) is 0 Å². The molecule has 0 radical (unpaired) electrons. The van der Waals surface area contributed by atoms with E-state index >= 15 is 0 Å². The average molecular weight is 365 g/mol. The van der Waals surface area contributed by atoms with E-state index in [4.69, 9.17) is 4.74 Å². The molecule has 1 heterocycles. The topological polar surface area (TPSA) is 9.23 Å². The molecule has 1 fully saturated rings. The molecule has 2 aromatic carbocycles. The first-order chi connectivity index (χ1) is 10.2. The Morgan fingerprint density at radius 2 is 1.29 bits per heavy atom. The number of ether oxygens (including phenoxy) is 1. The molecule has 0 unspecified atom stereocenters. The molecule has 0 aromatic heterocycles. The maximum atomic E-state index is 5.60. The average Bonchev–Trinajstić information content (AvgIpc) is 2.57. The molecule has 1 aliphatic heterocycles. The Hall–Kier alpha value is -0.690. The number of benzene rings is 2. The summed E-state index contributed by atoms with van der Waals surface area (Å²) in [6.45, 7) is 0. The number of hydrogen-bond donors (Lipinski definition) is 0. The van der Waals surface area contributed by atoms with E-state index in [2.05, 4.69) is 76.2 Å². The molecule has 1 saturated heterocycles. The molecule has 0 atom stereocenters. The van der Waals surface area contributed by atoms with Crippen LogP contribution in [0, 0.1) is 0 Å². The SMILES string of the molecule is COC1CCP(Br)(c2ccccc2)(c2ccccc2)CC1. The van der Waals surface area contributed by atoms with Crippen LogP contribution in [0.1, 0.15) is 12.8 Å². The molecule has 21 heavy (non-hydrogen) atoms. The molecule has 0 N–H and O–H groups in total. The van der Waals surface area contributed by atoms with Crippen LogP contribution in [0.4, 0.5) is 0 Å². The van der Waals surface area contributed by atoms with E-state index in [0.29, 0.717) is 6.10 Å². The Kier molecular flexibility index (Phi) is 4.23. The van der Waals surface area contributed by atoms with Crippen molar-refractivity contribution in [1.29, 1.82) is 0 Å². The van der Waals surface area contributed by atoms with Gasteiger partial charge in [-0.05, 0) is 0 Å². The van der Waals surface area contributed by atoms with Gasteiger partial charge in [0, 0.05) is 0 Å². The third kappa shape index (κ3) is 2.59. The van der Waals surface area contributed by atoms with E-state index in [0.717, 1.165) is 12.8 Å². The molecule has 2 aromatic rings. The van der Waals surface area contributed by atoms with Gasteiger partial charge in [-0.3, -0.25) is 0 Å². The van der Waals surface area contributed by atoms with E-state index in [9.17, 15) is 0 Å². The van der Waals surface area contributed by atoms with Crippen molar-refractivity contribution in [3.63, 3.8) is 0 Å². The third-order valence-electron chi connectivity index (χ3n) is 4.86. The van der Waals surface area contributed by atoms with Crippen LogP contribution in [0.25, 0.3) is 0 Å². The first-order valence-electron chi connectivity index (χ1n) is 7.53. The molecular formula is C18H22BrOP. The summed E-state index contributed by atoms with van der Waals surface area (Å²) in [6.07, 6.45) is 5.02. The van der Waals surface area contributed by atoms with Crippen molar-refractivity contribution in [2.24, 2.45) is 0 Å². The predicted octanol–water partition coefficient (Wildman–Crippen LogP) is 4.31. The quantitative estimate of drug-likeness (QED) is 0.737. The zero-order valence-corrected chi connectivity index (χ0v) is 14.9. The van der Waals surface area contributed by atoms with Crippen LogP contribution in [0.2, 0.25) is 0 Å². The fraction of sp³-hybridized carbons (Fsp3) is 0.333. The Morgan fingerprint density at radius 1 is 0.857 bits per heavy atom. The Labute approximate surface area is 135 Å². The van der Waals surface area contributed by atoms with Crippen molar-refractivity contribution < 1.29 is 4.74 Å². The molecule has 112 valence electrons. The monoisotopic (exact) mass is 364 g/mol. The van der Waals surface area contributed by atoms with Gasteiger partial charge in [0.05, 0.1) is 0 Å². The fourth-order valence-electron chi connectivity index (χ4n) is 3.52. The van der Waals surface area contributed by atoms with E-state index in [1.165, 1.54) is 22.9 Å². The van der Waals surface area contributed by atoms with Crippen molar-refractivity contribution in [3.05, 3.63) is 60.7 Å². The van der Waals surface area contributed by atoms with Crippen molar-refractivity contribution >= 4 is 31.4 Å². The summed E-state index contributed by atoms with van der Waals surface area (Å²) in [5.41, 5.74) is 0. The number of rotatable bonds is 3. The summed E-state index contributed by atoms with van der Waals surface area (Å²) in [5.74, 6) is 0. The summed E-state index contributed by atoms with van der Waals surface area (Å²) < 4.78 is 5.60. The molecule has 0 bridgehead atoms. The molecule has 1 nitrogen and oxygen atoms in total. The van der Waals surface area contributed by atoms with Gasteiger partial charge >= 0.3 is 135 Å². The zero-order chi connectivity index (χ0) is 14.8. The van der Waals surface area contributed by atoms with E-state index in [-0.39, 0.29) is 0 Å². The van der Waals surface area contributed by atoms with Crippen molar-refractivity contribution in [2.45, 2.75) is 18.9 Å². The van der Waals surface area contributed by atoms with Gasteiger partial charge in [0.1, 0.15) is 0 Å². The van der Waals surface area contributed by atoms with Gasteiger partial charge in [0.25, 0.3) is 0 Å². The standard InChI is InChI=1S/C18H22BrOP/c1-20-16-12-14-21(19,15-13-16,17-8-4-2-5-9-17)18-10-6-3-7-11-18/h2-11,16H,12-15H2,1H3. The second-order valence-corrected chi connectivity index (χ2v) is 15.7. The molecule has 0 spiro atoms. The van der Waals surface area contributed by atoms with Crippen molar-refractivity contribution in [1.82, 2.24) is 0 Å². The Morgan fingerprint density at radius 3 is 1.67 bits per heavy atom. The molecular weight excluding hydrogens is 343 g/mol. The molecule has 3 rings (SSSR count). The second kappa shape index (κ2) is 5.83. The molecule has 0 amide bonds. The van der Waals surface area contributed by atoms with Gasteiger partial charge in [0.15, 0.2) is 0 Å². The van der Waals surface area contributed by atoms with Crippen LogP contribution >= 0.6 is 20.8 Å². The van der Waals surface area contributed by atoms with E-state index < -0.39 is 5.31 Å². The number of hydrogen-bond acceptors (Lipinski definition) is 1. The summed E-state index contributed by atoms with van der Waals surface area (Å²) in [6, 6.07) is 22.1. The Balaban J connectivity index is 2.12. The summed E-state index contributed by atoms with van der Waals surface area (Å²) in [7, 11) is 1.84. The van der Waals surface area contributed by atoms with Crippen LogP contribution in [0.3, 0.4) is 0 Å². The van der Waals surface area contributed by atoms with Gasteiger partial charge < -0.3 is 0 Å². The van der Waals surface area contributed by atoms with Crippen LogP contribution in [0.15, 0.2) is 60.7 Å². The normalized spacial score (nSPS) is 25.6. The minimum absolute atomic E-state index is 0.408. The van der Waals surface area contributed by atoms with Crippen LogP contribution in [0.5, 0.6) is 0 Å². The molecule has 0 saturated carbocycles. The zero-order valence-electron chi connectivity index (χ0n) is 12.4. The van der Waals surface area contributed by atoms with Crippen LogP contribution < -0.4 is 10.6 Å². The molecule has 1 aliphatic rings. The number of methoxy groups -OCH3 is 1. The second-order valence-electron chi connectivity index (χ2n) is 5.93. The summed E-state index contributed by atoms with van der Waals surface area (Å²) >= 11 is 4.35. The van der Waals surface area contributed by atoms with Crippen molar-refractivity contribution in [3.8, 4) is 0 Å². The summed E-state index contributed by atoms with van der Waals surface area (Å²) in [5, 5.41) is 0.697. The van der Waals surface area contributed by atoms with Crippen LogP contribution in [-0.2, 0) is 4.74 Å². The van der Waals surface area contributed by atoms with E-state index in [1.54, 1.807) is 0 Å². The predicted molar refractivity (Wildman–Crippen MR) is 97.8 cm³/mol. The first-order valence-corrected chi connectivity index (χ1v) is 12.2. The van der Waals surface area contributed by atoms with Gasteiger partial charge in [-0.1, -0.05) is 0 Å². The minimum atomic E-state index is -2.26. The first kappa shape index (κ1) is 15.2. The summed E-state index contributed by atoms with van der Waals surface area (Å²) in [4.78, 5) is 0. The number of halogens is 1. The van der Waals surface area contributed by atoms with Gasteiger partial charge in [0.2, 0.25) is 0 Å².